The first kappa shape index (κ1) is 18.6. The lowest BCUT2D eigenvalue weighted by atomic mass is 10.3. The Morgan fingerprint density at radius 3 is 2.18 bits per heavy atom. The fraction of sp³-hybridized carbons (Fsp3) is 0.188. The summed E-state index contributed by atoms with van der Waals surface area (Å²) in [4.78, 5) is 3.34. The lowest BCUT2D eigenvalue weighted by molar-refractivity contribution is -0.351. The highest BCUT2D eigenvalue weighted by Crippen LogP contribution is 2.23. The number of para-hydroxylation sites is 4. The molecule has 0 saturated carbocycles. The molecular formula is C16H19IN2O2S. The predicted octanol–water partition coefficient (Wildman–Crippen LogP) is -0.749. The second kappa shape index (κ2) is 9.58. The third kappa shape index (κ3) is 4.81. The van der Waals surface area contributed by atoms with Gasteiger partial charge in [0.1, 0.15) is 0 Å². The van der Waals surface area contributed by atoms with Gasteiger partial charge in [-0.25, -0.2) is 10.3 Å². The molecule has 0 aromatic heterocycles. The van der Waals surface area contributed by atoms with Crippen LogP contribution in [-0.4, -0.2) is 25.6 Å². The van der Waals surface area contributed by atoms with Gasteiger partial charge in [0.15, 0.2) is 22.9 Å². The molecule has 0 amide bonds. The van der Waals surface area contributed by atoms with Crippen LogP contribution in [0.5, 0.6) is 11.5 Å². The summed E-state index contributed by atoms with van der Waals surface area (Å²) < 4.78 is 10.7. The standard InChI is InChI=1S/C16H18N2O2S.HI/c1-19-14-10-6-4-8-12(14)17-16(21-3)18-13-9-5-7-11-15(13)20-2;/h4-11H,1-3H3,(H,17,18);1H. The van der Waals surface area contributed by atoms with Crippen molar-refractivity contribution in [3.63, 3.8) is 0 Å². The number of methoxy groups -OCH3 is 2. The Hall–Kier alpha value is -1.41. The van der Waals surface area contributed by atoms with Crippen molar-refractivity contribution >= 4 is 28.3 Å². The minimum atomic E-state index is 0. The van der Waals surface area contributed by atoms with E-state index >= 15 is 0 Å². The van der Waals surface area contributed by atoms with Crippen molar-refractivity contribution < 1.29 is 38.4 Å². The molecule has 118 valence electrons. The molecule has 0 spiro atoms. The molecule has 2 aromatic carbocycles. The maximum absolute atomic E-state index is 5.35. The summed E-state index contributed by atoms with van der Waals surface area (Å²) in [5.74, 6) is 1.59. The van der Waals surface area contributed by atoms with Crippen LogP contribution >= 0.6 is 11.8 Å². The molecule has 22 heavy (non-hydrogen) atoms. The summed E-state index contributed by atoms with van der Waals surface area (Å²) in [6.07, 6.45) is 2.00. The Balaban J connectivity index is 0.00000242. The number of halogens is 1. The summed E-state index contributed by atoms with van der Waals surface area (Å²) >= 11 is 1.58. The summed E-state index contributed by atoms with van der Waals surface area (Å²) in [6.45, 7) is 0. The van der Waals surface area contributed by atoms with E-state index in [-0.39, 0.29) is 24.0 Å². The zero-order valence-electron chi connectivity index (χ0n) is 12.7. The van der Waals surface area contributed by atoms with E-state index in [0.717, 1.165) is 28.0 Å². The molecule has 0 fully saturated rings. The third-order valence-electron chi connectivity index (χ3n) is 2.91. The fourth-order valence-corrected chi connectivity index (χ4v) is 2.30. The molecule has 0 radical (unpaired) electrons. The Morgan fingerprint density at radius 2 is 1.55 bits per heavy atom. The van der Waals surface area contributed by atoms with Gasteiger partial charge in [-0.15, -0.1) is 0 Å². The highest BCUT2D eigenvalue weighted by atomic mass is 127. The van der Waals surface area contributed by atoms with E-state index < -0.39 is 0 Å². The molecule has 4 nitrogen and oxygen atoms in total. The van der Waals surface area contributed by atoms with Gasteiger partial charge in [0.25, 0.3) is 0 Å². The van der Waals surface area contributed by atoms with Crippen LogP contribution in [0.25, 0.3) is 0 Å². The highest BCUT2D eigenvalue weighted by Gasteiger charge is 2.12. The molecule has 0 bridgehead atoms. The summed E-state index contributed by atoms with van der Waals surface area (Å²) in [7, 11) is 3.32. The van der Waals surface area contributed by atoms with E-state index in [0.29, 0.717) is 0 Å². The van der Waals surface area contributed by atoms with Crippen molar-refractivity contribution in [3.8, 4) is 11.5 Å². The maximum Gasteiger partial charge on any atom is 0.314 e. The Morgan fingerprint density at radius 1 is 0.955 bits per heavy atom. The molecule has 2 rings (SSSR count). The first-order valence-corrected chi connectivity index (χ1v) is 7.72. The molecular weight excluding hydrogens is 411 g/mol. The SMILES string of the molecule is COc1ccccc1NC(=[NH+]c1ccccc1OC)SC.[I-]. The molecule has 6 heteroatoms. The van der Waals surface area contributed by atoms with Crippen molar-refractivity contribution in [2.75, 3.05) is 25.8 Å². The van der Waals surface area contributed by atoms with Crippen molar-refractivity contribution in [2.45, 2.75) is 0 Å². The number of thioether (sulfide) groups is 1. The Kier molecular flexibility index (Phi) is 8.11. The fourth-order valence-electron chi connectivity index (χ4n) is 1.87. The molecule has 0 unspecified atom stereocenters. The number of ether oxygens (including phenoxy) is 2. The van der Waals surface area contributed by atoms with Crippen LogP contribution in [-0.2, 0) is 0 Å². The van der Waals surface area contributed by atoms with Gasteiger partial charge < -0.3 is 33.5 Å². The zero-order chi connectivity index (χ0) is 15.1. The minimum Gasteiger partial charge on any atom is -1.00 e. The van der Waals surface area contributed by atoms with Crippen LogP contribution in [0.1, 0.15) is 0 Å². The predicted molar refractivity (Wildman–Crippen MR) is 88.8 cm³/mol. The second-order valence-corrected chi connectivity index (χ2v) is 5.00. The van der Waals surface area contributed by atoms with E-state index in [1.54, 1.807) is 26.0 Å². The summed E-state index contributed by atoms with van der Waals surface area (Å²) in [5.41, 5.74) is 1.82. The van der Waals surface area contributed by atoms with E-state index in [1.807, 2.05) is 54.8 Å². The van der Waals surface area contributed by atoms with Crippen LogP contribution in [0.2, 0.25) is 0 Å². The number of anilines is 1. The molecule has 0 heterocycles. The number of benzene rings is 2. The summed E-state index contributed by atoms with van der Waals surface area (Å²) in [5, 5.41) is 4.23. The van der Waals surface area contributed by atoms with Crippen molar-refractivity contribution in [2.24, 2.45) is 0 Å². The number of hydrogen-bond donors (Lipinski definition) is 2. The Bertz CT molecular complexity index is 635. The molecule has 0 atom stereocenters. The van der Waals surface area contributed by atoms with Gasteiger partial charge in [-0.2, -0.15) is 0 Å². The number of nitrogens with one attached hydrogen (secondary N) is 2. The van der Waals surface area contributed by atoms with Gasteiger partial charge in [-0.3, -0.25) is 0 Å². The molecule has 0 aliphatic heterocycles. The van der Waals surface area contributed by atoms with E-state index in [1.165, 1.54) is 0 Å². The third-order valence-corrected chi connectivity index (χ3v) is 3.53. The first-order chi connectivity index (χ1) is 10.3. The van der Waals surface area contributed by atoms with Crippen LogP contribution in [0, 0.1) is 0 Å². The molecule has 0 aliphatic carbocycles. The van der Waals surface area contributed by atoms with Gasteiger partial charge in [-0.05, 0) is 42.3 Å². The average Bonchev–Trinajstić information content (AvgIpc) is 2.55. The molecule has 0 saturated heterocycles. The number of amidine groups is 1. The van der Waals surface area contributed by atoms with Gasteiger partial charge in [0, 0.05) is 0 Å². The molecule has 0 aliphatic rings. The molecule has 2 N–H and O–H groups in total. The van der Waals surface area contributed by atoms with E-state index in [2.05, 4.69) is 10.3 Å². The number of hydrogen-bond acceptors (Lipinski definition) is 3. The van der Waals surface area contributed by atoms with Crippen LogP contribution in [0.4, 0.5) is 11.4 Å². The van der Waals surface area contributed by atoms with Crippen molar-refractivity contribution in [1.29, 1.82) is 0 Å². The lowest BCUT2D eigenvalue weighted by Gasteiger charge is -2.07. The molecule has 2 aromatic rings. The lowest BCUT2D eigenvalue weighted by Crippen LogP contribution is -3.00. The monoisotopic (exact) mass is 430 g/mol. The first-order valence-electron chi connectivity index (χ1n) is 6.49. The van der Waals surface area contributed by atoms with Crippen molar-refractivity contribution in [3.05, 3.63) is 48.5 Å². The van der Waals surface area contributed by atoms with Crippen LogP contribution in [0.3, 0.4) is 0 Å². The van der Waals surface area contributed by atoms with Crippen LogP contribution in [0.15, 0.2) is 48.5 Å². The largest absolute Gasteiger partial charge is 1.00 e. The summed E-state index contributed by atoms with van der Waals surface area (Å²) in [6, 6.07) is 15.6. The van der Waals surface area contributed by atoms with Gasteiger partial charge >= 0.3 is 5.17 Å². The van der Waals surface area contributed by atoms with Gasteiger partial charge in [0.2, 0.25) is 0 Å². The minimum absolute atomic E-state index is 0. The topological polar surface area (TPSA) is 44.5 Å². The quantitative estimate of drug-likeness (QED) is 0.381. The normalized spacial score (nSPS) is 10.6. The van der Waals surface area contributed by atoms with Gasteiger partial charge in [-0.1, -0.05) is 24.3 Å². The van der Waals surface area contributed by atoms with E-state index in [4.69, 9.17) is 9.47 Å². The highest BCUT2D eigenvalue weighted by molar-refractivity contribution is 8.13. The second-order valence-electron chi connectivity index (χ2n) is 4.18. The number of rotatable bonds is 4. The van der Waals surface area contributed by atoms with E-state index in [9.17, 15) is 0 Å². The van der Waals surface area contributed by atoms with Gasteiger partial charge in [0.05, 0.1) is 14.2 Å². The zero-order valence-corrected chi connectivity index (χ0v) is 15.7. The average molecular weight is 430 g/mol. The van der Waals surface area contributed by atoms with Crippen molar-refractivity contribution in [1.82, 2.24) is 0 Å². The smallest absolute Gasteiger partial charge is 0.314 e. The maximum atomic E-state index is 5.35. The van der Waals surface area contributed by atoms with Crippen LogP contribution < -0.4 is 43.8 Å². The Labute approximate surface area is 152 Å².